The molecule has 2 aromatic rings. The average Bonchev–Trinajstić information content (AvgIpc) is 3.25. The monoisotopic (exact) mass is 349 g/mol. The number of nitrogens with one attached hydrogen (secondary N) is 1. The minimum Gasteiger partial charge on any atom is -0.339 e. The second-order valence-electron chi connectivity index (χ2n) is 7.23. The van der Waals surface area contributed by atoms with Gasteiger partial charge >= 0.3 is 0 Å². The lowest BCUT2D eigenvalue weighted by Crippen LogP contribution is -2.53. The summed E-state index contributed by atoms with van der Waals surface area (Å²) in [7, 11) is 0. The van der Waals surface area contributed by atoms with Gasteiger partial charge in [0.05, 0.1) is 12.1 Å². The van der Waals surface area contributed by atoms with E-state index in [1.54, 1.807) is 0 Å². The Bertz CT molecular complexity index is 665. The molecule has 136 valence electrons. The van der Waals surface area contributed by atoms with E-state index in [0.717, 1.165) is 45.6 Å². The number of carbonyl (C=O) groups is 1. The van der Waals surface area contributed by atoms with Gasteiger partial charge in [-0.15, -0.1) is 0 Å². The predicted octanol–water partition coefficient (Wildman–Crippen LogP) is 2.67. The molecule has 0 aromatic heterocycles. The highest BCUT2D eigenvalue weighted by molar-refractivity contribution is 5.82. The van der Waals surface area contributed by atoms with Crippen LogP contribution in [0.2, 0.25) is 0 Å². The lowest BCUT2D eigenvalue weighted by Gasteiger charge is -2.40. The van der Waals surface area contributed by atoms with E-state index in [0.29, 0.717) is 0 Å². The molecule has 4 heteroatoms. The van der Waals surface area contributed by atoms with Crippen LogP contribution in [0.25, 0.3) is 0 Å². The van der Waals surface area contributed by atoms with Gasteiger partial charge in [0, 0.05) is 26.2 Å². The summed E-state index contributed by atoms with van der Waals surface area (Å²) in [6.07, 6.45) is 2.09. The molecular weight excluding hydrogens is 322 g/mol. The summed E-state index contributed by atoms with van der Waals surface area (Å²) in [6, 6.07) is 21.7. The summed E-state index contributed by atoms with van der Waals surface area (Å²) >= 11 is 0. The van der Waals surface area contributed by atoms with Gasteiger partial charge < -0.3 is 10.2 Å². The lowest BCUT2D eigenvalue weighted by molar-refractivity contribution is -0.135. The Labute approximate surface area is 155 Å². The smallest absolute Gasteiger partial charge is 0.239 e. The van der Waals surface area contributed by atoms with Gasteiger partial charge in [-0.05, 0) is 30.5 Å². The standard InChI is InChI=1S/C22H27N3O/c26-22(20-12-7-13-23-20)25-16-14-24(15-17-25)21(18-8-3-1-4-9-18)19-10-5-2-6-11-19/h1-6,8-11,20-21,23H,7,12-17H2/t20-/m0/s1. The summed E-state index contributed by atoms with van der Waals surface area (Å²) in [5.41, 5.74) is 2.63. The number of carbonyl (C=O) groups excluding carboxylic acids is 1. The number of hydrogen-bond donors (Lipinski definition) is 1. The van der Waals surface area contributed by atoms with Crippen molar-refractivity contribution < 1.29 is 4.79 Å². The first kappa shape index (κ1) is 17.3. The van der Waals surface area contributed by atoms with Gasteiger partial charge in [-0.1, -0.05) is 60.7 Å². The number of piperazine rings is 1. The van der Waals surface area contributed by atoms with Crippen molar-refractivity contribution >= 4 is 5.91 Å². The highest BCUT2D eigenvalue weighted by atomic mass is 16.2. The molecule has 2 aliphatic heterocycles. The molecule has 0 saturated carbocycles. The molecule has 2 aliphatic rings. The number of benzene rings is 2. The van der Waals surface area contributed by atoms with E-state index in [1.807, 2.05) is 4.90 Å². The molecule has 0 bridgehead atoms. The molecule has 2 aromatic carbocycles. The Morgan fingerprint density at radius 1 is 0.885 bits per heavy atom. The lowest BCUT2D eigenvalue weighted by atomic mass is 9.96. The Kier molecular flexibility index (Phi) is 5.32. The van der Waals surface area contributed by atoms with E-state index in [2.05, 4.69) is 70.9 Å². The van der Waals surface area contributed by atoms with Crippen LogP contribution in [0.3, 0.4) is 0 Å². The van der Waals surface area contributed by atoms with Crippen molar-refractivity contribution in [3.05, 3.63) is 71.8 Å². The highest BCUT2D eigenvalue weighted by Gasteiger charge is 2.31. The number of rotatable bonds is 4. The molecule has 2 fully saturated rings. The average molecular weight is 349 g/mol. The first-order chi connectivity index (χ1) is 12.8. The van der Waals surface area contributed by atoms with Gasteiger partial charge in [-0.25, -0.2) is 0 Å². The van der Waals surface area contributed by atoms with Crippen LogP contribution in [-0.4, -0.2) is 54.5 Å². The Balaban J connectivity index is 1.49. The van der Waals surface area contributed by atoms with Crippen LogP contribution in [0.4, 0.5) is 0 Å². The van der Waals surface area contributed by atoms with Crippen molar-refractivity contribution in [2.75, 3.05) is 32.7 Å². The van der Waals surface area contributed by atoms with E-state index in [4.69, 9.17) is 0 Å². The summed E-state index contributed by atoms with van der Waals surface area (Å²) in [5.74, 6) is 0.290. The summed E-state index contributed by atoms with van der Waals surface area (Å²) < 4.78 is 0. The van der Waals surface area contributed by atoms with Crippen molar-refractivity contribution in [2.24, 2.45) is 0 Å². The van der Waals surface area contributed by atoms with Crippen molar-refractivity contribution in [3.63, 3.8) is 0 Å². The molecule has 1 amide bonds. The van der Waals surface area contributed by atoms with Crippen molar-refractivity contribution in [2.45, 2.75) is 24.9 Å². The van der Waals surface area contributed by atoms with E-state index in [-0.39, 0.29) is 18.0 Å². The Morgan fingerprint density at radius 3 is 1.96 bits per heavy atom. The van der Waals surface area contributed by atoms with Crippen LogP contribution in [0.5, 0.6) is 0 Å². The zero-order chi connectivity index (χ0) is 17.8. The molecule has 2 heterocycles. The molecular formula is C22H27N3O. The minimum atomic E-state index is 0.0422. The fourth-order valence-electron chi connectivity index (χ4n) is 4.20. The van der Waals surface area contributed by atoms with Gasteiger partial charge in [0.2, 0.25) is 5.91 Å². The van der Waals surface area contributed by atoms with E-state index >= 15 is 0 Å². The van der Waals surface area contributed by atoms with Gasteiger partial charge in [0.25, 0.3) is 0 Å². The molecule has 0 spiro atoms. The molecule has 2 saturated heterocycles. The second kappa shape index (κ2) is 8.02. The van der Waals surface area contributed by atoms with Crippen LogP contribution < -0.4 is 5.32 Å². The van der Waals surface area contributed by atoms with E-state index < -0.39 is 0 Å². The third-order valence-corrected chi connectivity index (χ3v) is 5.58. The fraction of sp³-hybridized carbons (Fsp3) is 0.409. The maximum atomic E-state index is 12.7. The van der Waals surface area contributed by atoms with Crippen LogP contribution in [0.15, 0.2) is 60.7 Å². The van der Waals surface area contributed by atoms with Crippen LogP contribution >= 0.6 is 0 Å². The van der Waals surface area contributed by atoms with E-state index in [1.165, 1.54) is 11.1 Å². The SMILES string of the molecule is O=C([C@@H]1CCCN1)N1CCN(C(c2ccccc2)c2ccccc2)CC1. The second-order valence-corrected chi connectivity index (χ2v) is 7.23. The summed E-state index contributed by atoms with van der Waals surface area (Å²) in [4.78, 5) is 17.2. The van der Waals surface area contributed by atoms with Gasteiger partial charge in [-0.2, -0.15) is 0 Å². The van der Waals surface area contributed by atoms with Crippen molar-refractivity contribution in [3.8, 4) is 0 Å². The molecule has 26 heavy (non-hydrogen) atoms. The summed E-state index contributed by atoms with van der Waals surface area (Å²) in [6.45, 7) is 4.42. The Morgan fingerprint density at radius 2 is 1.46 bits per heavy atom. The van der Waals surface area contributed by atoms with Crippen LogP contribution in [0.1, 0.15) is 30.0 Å². The number of amides is 1. The number of nitrogens with zero attached hydrogens (tertiary/aromatic N) is 2. The maximum Gasteiger partial charge on any atom is 0.239 e. The van der Waals surface area contributed by atoms with Crippen molar-refractivity contribution in [1.29, 1.82) is 0 Å². The van der Waals surface area contributed by atoms with E-state index in [9.17, 15) is 4.79 Å². The molecule has 0 radical (unpaired) electrons. The molecule has 0 aliphatic carbocycles. The Hall–Kier alpha value is -2.17. The zero-order valence-corrected chi connectivity index (χ0v) is 15.2. The quantitative estimate of drug-likeness (QED) is 0.922. The largest absolute Gasteiger partial charge is 0.339 e. The van der Waals surface area contributed by atoms with Crippen molar-refractivity contribution in [1.82, 2.24) is 15.1 Å². The van der Waals surface area contributed by atoms with Gasteiger partial charge in [-0.3, -0.25) is 9.69 Å². The fourth-order valence-corrected chi connectivity index (χ4v) is 4.20. The van der Waals surface area contributed by atoms with Crippen LogP contribution in [-0.2, 0) is 4.79 Å². The minimum absolute atomic E-state index is 0.0422. The molecule has 4 nitrogen and oxygen atoms in total. The van der Waals surface area contributed by atoms with Gasteiger partial charge in [0.1, 0.15) is 0 Å². The first-order valence-electron chi connectivity index (χ1n) is 9.69. The maximum absolute atomic E-state index is 12.7. The first-order valence-corrected chi connectivity index (χ1v) is 9.69. The molecule has 0 unspecified atom stereocenters. The summed E-state index contributed by atoms with van der Waals surface area (Å²) in [5, 5.41) is 3.33. The highest BCUT2D eigenvalue weighted by Crippen LogP contribution is 2.29. The molecule has 1 atom stereocenters. The van der Waals surface area contributed by atoms with Gasteiger partial charge in [0.15, 0.2) is 0 Å². The topological polar surface area (TPSA) is 35.6 Å². The third kappa shape index (κ3) is 3.67. The number of hydrogen-bond acceptors (Lipinski definition) is 3. The third-order valence-electron chi connectivity index (χ3n) is 5.58. The van der Waals surface area contributed by atoms with Crippen LogP contribution in [0, 0.1) is 0 Å². The molecule has 4 rings (SSSR count). The normalized spacial score (nSPS) is 21.3. The molecule has 1 N–H and O–H groups in total. The predicted molar refractivity (Wildman–Crippen MR) is 104 cm³/mol. The zero-order valence-electron chi connectivity index (χ0n) is 15.2.